The first-order chi connectivity index (χ1) is 18.6. The Bertz CT molecular complexity index is 1560. The van der Waals surface area contributed by atoms with Crippen molar-refractivity contribution in [1.29, 1.82) is 0 Å². The van der Waals surface area contributed by atoms with Crippen LogP contribution in [0.4, 0.5) is 13.2 Å². The number of ether oxygens (including phenoxy) is 1. The number of aromatic nitrogens is 2. The molecular formula is C29H24F3N3O4. The van der Waals surface area contributed by atoms with Crippen molar-refractivity contribution in [3.8, 4) is 39.7 Å². The summed E-state index contributed by atoms with van der Waals surface area (Å²) in [6.45, 7) is 3.35. The molecule has 0 bridgehead atoms. The number of carboxylic acid groups (broad SMARTS) is 1. The van der Waals surface area contributed by atoms with E-state index >= 15 is 0 Å². The predicted octanol–water partition coefficient (Wildman–Crippen LogP) is 6.46. The normalized spacial score (nSPS) is 19.0. The zero-order valence-electron chi connectivity index (χ0n) is 20.9. The molecule has 0 unspecified atom stereocenters. The third kappa shape index (κ3) is 4.99. The molecule has 7 nitrogen and oxygen atoms in total. The van der Waals surface area contributed by atoms with Crippen molar-refractivity contribution >= 4 is 5.97 Å². The minimum atomic E-state index is -4.79. The van der Waals surface area contributed by atoms with Crippen LogP contribution in [-0.2, 0) is 17.9 Å². The molecule has 1 aliphatic carbocycles. The van der Waals surface area contributed by atoms with E-state index in [2.05, 4.69) is 19.8 Å². The van der Waals surface area contributed by atoms with Crippen LogP contribution < -0.4 is 4.74 Å². The van der Waals surface area contributed by atoms with E-state index in [-0.39, 0.29) is 17.7 Å². The van der Waals surface area contributed by atoms with E-state index in [0.29, 0.717) is 41.2 Å². The van der Waals surface area contributed by atoms with Crippen LogP contribution in [0.5, 0.6) is 5.75 Å². The standard InChI is InChI=1S/C29H24F3N3O4/c1-16-10-18(8-9-23(16)24-4-2-3-5-25(24)38-29(30,31)32)27-33-26(34-39-27)17-6-7-19-14-35(15-21(19)11-17)22-12-20(13-22)28(36)37/h2-11,20,22H,12-15H2,1H3,(H,36,37)/t20-,22-. The minimum Gasteiger partial charge on any atom is -0.481 e. The Kier molecular flexibility index (Phi) is 6.14. The summed E-state index contributed by atoms with van der Waals surface area (Å²) < 4.78 is 48.4. The van der Waals surface area contributed by atoms with Gasteiger partial charge in [0, 0.05) is 35.8 Å². The Balaban J connectivity index is 1.20. The van der Waals surface area contributed by atoms with Crippen LogP contribution in [0, 0.1) is 12.8 Å². The summed E-state index contributed by atoms with van der Waals surface area (Å²) in [5, 5.41) is 13.3. The van der Waals surface area contributed by atoms with Gasteiger partial charge in [-0.25, -0.2) is 0 Å². The van der Waals surface area contributed by atoms with Gasteiger partial charge in [0.2, 0.25) is 5.82 Å². The van der Waals surface area contributed by atoms with Crippen LogP contribution in [0.15, 0.2) is 65.2 Å². The highest BCUT2D eigenvalue weighted by molar-refractivity contribution is 5.76. The Hall–Kier alpha value is -4.18. The molecule has 200 valence electrons. The lowest BCUT2D eigenvalue weighted by atomic mass is 9.79. The van der Waals surface area contributed by atoms with Gasteiger partial charge in [-0.1, -0.05) is 41.6 Å². The van der Waals surface area contributed by atoms with Crippen LogP contribution in [0.3, 0.4) is 0 Å². The second-order valence-corrected chi connectivity index (χ2v) is 10.0. The molecule has 1 aromatic heterocycles. The SMILES string of the molecule is Cc1cc(-c2nc(-c3ccc4c(c3)CN([C@H]3C[C@H](C(=O)O)C3)C4)no2)ccc1-c1ccccc1OC(F)(F)F. The zero-order chi connectivity index (χ0) is 27.3. The van der Waals surface area contributed by atoms with E-state index in [9.17, 15) is 18.0 Å². The zero-order valence-corrected chi connectivity index (χ0v) is 20.9. The Morgan fingerprint density at radius 1 is 1.00 bits per heavy atom. The topological polar surface area (TPSA) is 88.7 Å². The lowest BCUT2D eigenvalue weighted by Crippen LogP contribution is -2.44. The number of benzene rings is 3. The van der Waals surface area contributed by atoms with Crippen LogP contribution in [0.2, 0.25) is 0 Å². The molecule has 1 N–H and O–H groups in total. The highest BCUT2D eigenvalue weighted by atomic mass is 19.4. The number of aliphatic carboxylic acids is 1. The van der Waals surface area contributed by atoms with Gasteiger partial charge in [-0.3, -0.25) is 9.69 Å². The Morgan fingerprint density at radius 2 is 1.74 bits per heavy atom. The number of hydrogen-bond donors (Lipinski definition) is 1. The number of aryl methyl sites for hydroxylation is 1. The number of hydrogen-bond acceptors (Lipinski definition) is 6. The van der Waals surface area contributed by atoms with Crippen molar-refractivity contribution in [2.75, 3.05) is 0 Å². The number of alkyl halides is 3. The summed E-state index contributed by atoms with van der Waals surface area (Å²) >= 11 is 0. The second kappa shape index (κ2) is 9.53. The van der Waals surface area contributed by atoms with Gasteiger partial charge in [-0.2, -0.15) is 4.98 Å². The smallest absolute Gasteiger partial charge is 0.481 e. The predicted molar refractivity (Wildman–Crippen MR) is 135 cm³/mol. The number of carbonyl (C=O) groups is 1. The highest BCUT2D eigenvalue weighted by Crippen LogP contribution is 2.39. The molecule has 39 heavy (non-hydrogen) atoms. The van der Waals surface area contributed by atoms with Crippen LogP contribution >= 0.6 is 0 Å². The van der Waals surface area contributed by atoms with E-state index in [0.717, 1.165) is 29.8 Å². The summed E-state index contributed by atoms with van der Waals surface area (Å²) in [7, 11) is 0. The van der Waals surface area contributed by atoms with Crippen molar-refractivity contribution in [2.45, 2.75) is 45.3 Å². The Morgan fingerprint density at radius 3 is 2.49 bits per heavy atom. The summed E-state index contributed by atoms with van der Waals surface area (Å²) in [5.74, 6) is -0.492. The van der Waals surface area contributed by atoms with Crippen molar-refractivity contribution in [1.82, 2.24) is 15.0 Å². The van der Waals surface area contributed by atoms with E-state index in [4.69, 9.17) is 9.63 Å². The molecule has 1 fully saturated rings. The monoisotopic (exact) mass is 535 g/mol. The van der Waals surface area contributed by atoms with Crippen molar-refractivity contribution in [3.05, 3.63) is 77.4 Å². The van der Waals surface area contributed by atoms with Crippen molar-refractivity contribution in [3.63, 3.8) is 0 Å². The summed E-state index contributed by atoms with van der Waals surface area (Å²) in [4.78, 5) is 18.0. The minimum absolute atomic E-state index is 0.243. The number of carboxylic acids is 1. The molecule has 0 amide bonds. The summed E-state index contributed by atoms with van der Waals surface area (Å²) in [6, 6.07) is 17.6. The average molecular weight is 536 g/mol. The van der Waals surface area contributed by atoms with Gasteiger partial charge in [-0.15, -0.1) is 13.2 Å². The quantitative estimate of drug-likeness (QED) is 0.303. The highest BCUT2D eigenvalue weighted by Gasteiger charge is 2.39. The van der Waals surface area contributed by atoms with Gasteiger partial charge in [0.05, 0.1) is 5.92 Å². The van der Waals surface area contributed by atoms with E-state index in [1.165, 1.54) is 17.7 Å². The van der Waals surface area contributed by atoms with E-state index in [1.807, 2.05) is 18.2 Å². The lowest BCUT2D eigenvalue weighted by Gasteiger charge is -2.39. The fourth-order valence-corrected chi connectivity index (χ4v) is 5.37. The number of rotatable bonds is 6. The average Bonchev–Trinajstić information content (AvgIpc) is 3.49. The maximum absolute atomic E-state index is 12.9. The van der Waals surface area contributed by atoms with Crippen LogP contribution in [0.1, 0.15) is 29.5 Å². The first kappa shape index (κ1) is 25.1. The number of nitrogens with zero attached hydrogens (tertiary/aromatic N) is 3. The molecule has 6 rings (SSSR count). The van der Waals surface area contributed by atoms with Gasteiger partial charge < -0.3 is 14.4 Å². The van der Waals surface area contributed by atoms with Gasteiger partial charge in [0.25, 0.3) is 5.89 Å². The second-order valence-electron chi connectivity index (χ2n) is 10.0. The maximum atomic E-state index is 12.9. The first-order valence-electron chi connectivity index (χ1n) is 12.5. The molecule has 1 aliphatic heterocycles. The number of halogens is 3. The molecule has 0 atom stereocenters. The lowest BCUT2D eigenvalue weighted by molar-refractivity contribution is -0.274. The third-order valence-corrected chi connectivity index (χ3v) is 7.49. The van der Waals surface area contributed by atoms with Gasteiger partial charge >= 0.3 is 12.3 Å². The molecule has 0 spiro atoms. The van der Waals surface area contributed by atoms with Crippen molar-refractivity contribution in [2.24, 2.45) is 5.92 Å². The molecule has 1 saturated carbocycles. The molecule has 4 aromatic rings. The largest absolute Gasteiger partial charge is 0.573 e. The van der Waals surface area contributed by atoms with Crippen molar-refractivity contribution < 1.29 is 32.3 Å². The Labute approximate surface area is 221 Å². The fourth-order valence-electron chi connectivity index (χ4n) is 5.37. The number of para-hydroxylation sites is 1. The van der Waals surface area contributed by atoms with Crippen LogP contribution in [0.25, 0.3) is 34.0 Å². The molecule has 0 saturated heterocycles. The first-order valence-corrected chi connectivity index (χ1v) is 12.5. The summed E-state index contributed by atoms with van der Waals surface area (Å²) in [6.07, 6.45) is -3.42. The molecule has 3 aromatic carbocycles. The third-order valence-electron chi connectivity index (χ3n) is 7.49. The number of fused-ring (bicyclic) bond motifs is 1. The van der Waals surface area contributed by atoms with Gasteiger partial charge in [0.15, 0.2) is 0 Å². The molecule has 0 radical (unpaired) electrons. The molecule has 2 heterocycles. The van der Waals surface area contributed by atoms with Crippen LogP contribution in [-0.4, -0.2) is 38.5 Å². The van der Waals surface area contributed by atoms with Gasteiger partial charge in [-0.05, 0) is 66.3 Å². The van der Waals surface area contributed by atoms with E-state index in [1.54, 1.807) is 37.3 Å². The molecular weight excluding hydrogens is 511 g/mol. The maximum Gasteiger partial charge on any atom is 0.573 e. The molecule has 10 heteroatoms. The van der Waals surface area contributed by atoms with Gasteiger partial charge in [0.1, 0.15) is 5.75 Å². The molecule has 2 aliphatic rings. The summed E-state index contributed by atoms with van der Waals surface area (Å²) in [5.41, 5.74) is 5.49. The fraction of sp³-hybridized carbons (Fsp3) is 0.276. The van der Waals surface area contributed by atoms with E-state index < -0.39 is 12.3 Å².